The van der Waals surface area contributed by atoms with Gasteiger partial charge in [-0.25, -0.2) is 0 Å². The maximum Gasteiger partial charge on any atom is 0.224 e. The molecule has 162 valence electrons. The largest absolute Gasteiger partial charge is 0.497 e. The molecule has 30 heavy (non-hydrogen) atoms. The number of nitrogens with zero attached hydrogens (tertiary/aromatic N) is 2. The normalized spacial score (nSPS) is 13.7. The zero-order chi connectivity index (χ0) is 21.3. The van der Waals surface area contributed by atoms with Crippen molar-refractivity contribution in [2.75, 3.05) is 33.3 Å². The summed E-state index contributed by atoms with van der Waals surface area (Å²) in [5.41, 5.74) is 2.34. The number of amides is 1. The Hall–Kier alpha value is -2.25. The van der Waals surface area contributed by atoms with Crippen LogP contribution in [0.3, 0.4) is 0 Å². The lowest BCUT2D eigenvalue weighted by Crippen LogP contribution is -2.39. The van der Waals surface area contributed by atoms with Gasteiger partial charge in [0.15, 0.2) is 5.96 Å². The van der Waals surface area contributed by atoms with Crippen LogP contribution in [-0.2, 0) is 24.2 Å². The number of hydrogen-bond donors (Lipinski definition) is 2. The molecule has 1 aliphatic heterocycles. The minimum absolute atomic E-state index is 0.163. The standard InChI is InChI=1S/C22H29ClN4O2S/c1-3-24-22(25-10-6-16-4-5-18(29-2)14-19(16)23)26-11-7-21(28)27-12-8-20-17(15-27)9-13-30-20/h4-5,9,13-14H,3,6-8,10-12,15H2,1-2H3,(H2,24,25,26). The Bertz CT molecular complexity index is 884. The van der Waals surface area contributed by atoms with Crippen LogP contribution in [0.4, 0.5) is 0 Å². The van der Waals surface area contributed by atoms with Gasteiger partial charge in [-0.3, -0.25) is 9.79 Å². The lowest BCUT2D eigenvalue weighted by atomic mass is 10.1. The van der Waals surface area contributed by atoms with E-state index in [2.05, 4.69) is 27.1 Å². The van der Waals surface area contributed by atoms with Crippen LogP contribution in [0.25, 0.3) is 0 Å². The number of hydrogen-bond acceptors (Lipinski definition) is 4. The fourth-order valence-corrected chi connectivity index (χ4v) is 4.55. The monoisotopic (exact) mass is 448 g/mol. The van der Waals surface area contributed by atoms with Gasteiger partial charge in [0, 0.05) is 42.5 Å². The van der Waals surface area contributed by atoms with E-state index in [-0.39, 0.29) is 5.91 Å². The van der Waals surface area contributed by atoms with Gasteiger partial charge in [0.2, 0.25) is 5.91 Å². The maximum absolute atomic E-state index is 12.6. The summed E-state index contributed by atoms with van der Waals surface area (Å²) < 4.78 is 5.19. The van der Waals surface area contributed by atoms with E-state index in [0.717, 1.165) is 43.8 Å². The van der Waals surface area contributed by atoms with Crippen molar-refractivity contribution in [3.63, 3.8) is 0 Å². The molecule has 0 saturated heterocycles. The number of rotatable bonds is 8. The lowest BCUT2D eigenvalue weighted by Gasteiger charge is -2.26. The van der Waals surface area contributed by atoms with E-state index in [1.807, 2.05) is 30.0 Å². The van der Waals surface area contributed by atoms with E-state index in [1.165, 1.54) is 10.4 Å². The Morgan fingerprint density at radius 2 is 2.20 bits per heavy atom. The van der Waals surface area contributed by atoms with Crippen LogP contribution in [0.1, 0.15) is 29.3 Å². The molecule has 2 aromatic rings. The fraction of sp³-hybridized carbons (Fsp3) is 0.455. The molecule has 6 nitrogen and oxygen atoms in total. The van der Waals surface area contributed by atoms with E-state index >= 15 is 0 Å². The van der Waals surface area contributed by atoms with Gasteiger partial charge >= 0.3 is 0 Å². The molecule has 0 spiro atoms. The minimum Gasteiger partial charge on any atom is -0.497 e. The Kier molecular flexibility index (Phi) is 8.39. The average molecular weight is 449 g/mol. The number of methoxy groups -OCH3 is 1. The summed E-state index contributed by atoms with van der Waals surface area (Å²) in [4.78, 5) is 20.5. The summed E-state index contributed by atoms with van der Waals surface area (Å²) in [5.74, 6) is 1.63. The first-order chi connectivity index (χ1) is 14.6. The maximum atomic E-state index is 12.6. The molecule has 2 N–H and O–H groups in total. The van der Waals surface area contributed by atoms with Gasteiger partial charge in [0.1, 0.15) is 5.75 Å². The summed E-state index contributed by atoms with van der Waals surface area (Å²) in [6.45, 7) is 5.47. The van der Waals surface area contributed by atoms with Crippen molar-refractivity contribution in [3.05, 3.63) is 50.7 Å². The van der Waals surface area contributed by atoms with Crippen molar-refractivity contribution in [3.8, 4) is 5.75 Å². The number of halogens is 1. The molecule has 1 amide bonds. The van der Waals surface area contributed by atoms with E-state index in [9.17, 15) is 4.79 Å². The lowest BCUT2D eigenvalue weighted by molar-refractivity contribution is -0.131. The molecule has 8 heteroatoms. The highest BCUT2D eigenvalue weighted by Gasteiger charge is 2.20. The Morgan fingerprint density at radius 3 is 2.97 bits per heavy atom. The number of carbonyl (C=O) groups excluding carboxylic acids is 1. The molecule has 0 radical (unpaired) electrons. The van der Waals surface area contributed by atoms with Crippen molar-refractivity contribution in [2.24, 2.45) is 4.99 Å². The molecule has 0 saturated carbocycles. The van der Waals surface area contributed by atoms with Gasteiger partial charge in [-0.05, 0) is 54.5 Å². The predicted octanol–water partition coefficient (Wildman–Crippen LogP) is 3.48. The number of carbonyl (C=O) groups is 1. The number of guanidine groups is 1. The van der Waals surface area contributed by atoms with Gasteiger partial charge in [-0.15, -0.1) is 11.3 Å². The second-order valence-electron chi connectivity index (χ2n) is 7.08. The van der Waals surface area contributed by atoms with Crippen LogP contribution < -0.4 is 15.4 Å². The summed E-state index contributed by atoms with van der Waals surface area (Å²) in [6, 6.07) is 7.83. The Morgan fingerprint density at radius 1 is 1.33 bits per heavy atom. The highest BCUT2D eigenvalue weighted by atomic mass is 35.5. The molecule has 0 aliphatic carbocycles. The number of thiophene rings is 1. The van der Waals surface area contributed by atoms with Crippen molar-refractivity contribution >= 4 is 34.8 Å². The van der Waals surface area contributed by atoms with Gasteiger partial charge in [-0.1, -0.05) is 17.7 Å². The van der Waals surface area contributed by atoms with E-state index < -0.39 is 0 Å². The third-order valence-corrected chi connectivity index (χ3v) is 6.42. The van der Waals surface area contributed by atoms with E-state index in [1.54, 1.807) is 18.4 Å². The first-order valence-corrected chi connectivity index (χ1v) is 11.5. The number of aliphatic imine (C=N–C) groups is 1. The first-order valence-electron chi connectivity index (χ1n) is 10.3. The highest BCUT2D eigenvalue weighted by molar-refractivity contribution is 7.10. The summed E-state index contributed by atoms with van der Waals surface area (Å²) in [5, 5.41) is 9.34. The topological polar surface area (TPSA) is 66.0 Å². The predicted molar refractivity (Wildman–Crippen MR) is 124 cm³/mol. The van der Waals surface area contributed by atoms with Crippen LogP contribution in [0.2, 0.25) is 5.02 Å². The van der Waals surface area contributed by atoms with Gasteiger partial charge in [0.05, 0.1) is 13.7 Å². The molecular weight excluding hydrogens is 420 g/mol. The molecular formula is C22H29ClN4O2S. The number of nitrogens with one attached hydrogen (secondary N) is 2. The Labute approximate surface area is 187 Å². The highest BCUT2D eigenvalue weighted by Crippen LogP contribution is 2.24. The zero-order valence-electron chi connectivity index (χ0n) is 17.5. The number of fused-ring (bicyclic) bond motifs is 1. The number of benzene rings is 1. The molecule has 0 bridgehead atoms. The molecule has 0 unspecified atom stereocenters. The van der Waals surface area contributed by atoms with E-state index in [4.69, 9.17) is 16.3 Å². The molecule has 1 aromatic carbocycles. The van der Waals surface area contributed by atoms with Crippen molar-refractivity contribution in [1.29, 1.82) is 0 Å². The fourth-order valence-electron chi connectivity index (χ4n) is 3.40. The first kappa shape index (κ1) is 22.4. The third-order valence-electron chi connectivity index (χ3n) is 5.05. The summed E-state index contributed by atoms with van der Waals surface area (Å²) in [6.07, 6.45) is 2.14. The van der Waals surface area contributed by atoms with Crippen LogP contribution >= 0.6 is 22.9 Å². The van der Waals surface area contributed by atoms with Crippen LogP contribution in [0.15, 0.2) is 34.6 Å². The third kappa shape index (κ3) is 6.12. The zero-order valence-corrected chi connectivity index (χ0v) is 19.1. The second kappa shape index (κ2) is 11.2. The summed E-state index contributed by atoms with van der Waals surface area (Å²) >= 11 is 8.09. The van der Waals surface area contributed by atoms with Gasteiger partial charge < -0.3 is 20.3 Å². The Balaban J connectivity index is 1.45. The molecule has 0 fully saturated rings. The SMILES string of the molecule is CCNC(=NCCC(=O)N1CCc2sccc2C1)NCCc1ccc(OC)cc1Cl. The second-order valence-corrected chi connectivity index (χ2v) is 8.49. The van der Waals surface area contributed by atoms with Gasteiger partial charge in [-0.2, -0.15) is 0 Å². The minimum atomic E-state index is 0.163. The van der Waals surface area contributed by atoms with Gasteiger partial charge in [0.25, 0.3) is 0 Å². The number of ether oxygens (including phenoxy) is 1. The molecule has 1 aliphatic rings. The molecule has 0 atom stereocenters. The molecule has 1 aromatic heterocycles. The molecule has 2 heterocycles. The van der Waals surface area contributed by atoms with Crippen molar-refractivity contribution in [2.45, 2.75) is 32.7 Å². The van der Waals surface area contributed by atoms with Crippen LogP contribution in [-0.4, -0.2) is 50.1 Å². The molecule has 3 rings (SSSR count). The summed E-state index contributed by atoms with van der Waals surface area (Å²) in [7, 11) is 1.63. The average Bonchev–Trinajstić information content (AvgIpc) is 3.22. The van der Waals surface area contributed by atoms with Crippen LogP contribution in [0, 0.1) is 0 Å². The van der Waals surface area contributed by atoms with Crippen molar-refractivity contribution < 1.29 is 9.53 Å². The quantitative estimate of drug-likeness (QED) is 0.479. The smallest absolute Gasteiger partial charge is 0.224 e. The van der Waals surface area contributed by atoms with Crippen LogP contribution in [0.5, 0.6) is 5.75 Å². The van der Waals surface area contributed by atoms with Crippen molar-refractivity contribution in [1.82, 2.24) is 15.5 Å². The van der Waals surface area contributed by atoms with E-state index in [0.29, 0.717) is 30.5 Å².